The Morgan fingerprint density at radius 3 is 1.87 bits per heavy atom. The third-order valence-corrected chi connectivity index (χ3v) is 6.00. The molecule has 3 amide bonds. The summed E-state index contributed by atoms with van der Waals surface area (Å²) in [5.41, 5.74) is 5.79. The Hall–Kier alpha value is -1.85. The number of thioether (sulfide) groups is 1. The van der Waals surface area contributed by atoms with Gasteiger partial charge in [-0.05, 0) is 30.3 Å². The molecule has 0 saturated heterocycles. The quantitative estimate of drug-likeness (QED) is 0.192. The maximum Gasteiger partial charge on any atom is 0.326 e. The standard InChI is InChI=1S/C20H38N4O6S/c1-6-11(3)15(19(28)24-16(20(29)30)12(4)7-2)23-18(27)14(10-25)22-17(26)13(21)8-9-31-5/h11-16,25H,6-10,21H2,1-5H3,(H,22,26)(H,23,27)(H,24,28)(H,29,30). The van der Waals surface area contributed by atoms with E-state index in [1.165, 1.54) is 11.8 Å². The Bertz CT molecular complexity index is 606. The minimum atomic E-state index is -1.28. The summed E-state index contributed by atoms with van der Waals surface area (Å²) in [7, 11) is 0. The molecule has 0 spiro atoms. The van der Waals surface area contributed by atoms with E-state index in [-0.39, 0.29) is 11.8 Å². The smallest absolute Gasteiger partial charge is 0.326 e. The van der Waals surface area contributed by atoms with Crippen LogP contribution in [0.25, 0.3) is 0 Å². The molecule has 31 heavy (non-hydrogen) atoms. The van der Waals surface area contributed by atoms with Gasteiger partial charge in [-0.15, -0.1) is 0 Å². The van der Waals surface area contributed by atoms with Crippen LogP contribution in [0.15, 0.2) is 0 Å². The Labute approximate surface area is 188 Å². The van der Waals surface area contributed by atoms with E-state index in [4.69, 9.17) is 5.73 Å². The molecule has 0 aliphatic rings. The van der Waals surface area contributed by atoms with Crippen molar-refractivity contribution < 1.29 is 29.4 Å². The number of carboxylic acid groups (broad SMARTS) is 1. The van der Waals surface area contributed by atoms with E-state index >= 15 is 0 Å². The highest BCUT2D eigenvalue weighted by Gasteiger charge is 2.33. The third-order valence-electron chi connectivity index (χ3n) is 5.36. The van der Waals surface area contributed by atoms with Crippen molar-refractivity contribution in [2.75, 3.05) is 18.6 Å². The van der Waals surface area contributed by atoms with E-state index in [9.17, 15) is 29.4 Å². The maximum absolute atomic E-state index is 12.8. The summed E-state index contributed by atoms with van der Waals surface area (Å²) in [5, 5.41) is 26.4. The number of nitrogens with two attached hydrogens (primary N) is 1. The van der Waals surface area contributed by atoms with Gasteiger partial charge < -0.3 is 31.9 Å². The predicted octanol–water partition coefficient (Wildman–Crippen LogP) is -0.310. The van der Waals surface area contributed by atoms with Gasteiger partial charge in [-0.3, -0.25) is 14.4 Å². The van der Waals surface area contributed by atoms with E-state index in [0.29, 0.717) is 25.0 Å². The lowest BCUT2D eigenvalue weighted by Crippen LogP contribution is -2.60. The molecule has 0 bridgehead atoms. The van der Waals surface area contributed by atoms with Gasteiger partial charge >= 0.3 is 5.97 Å². The van der Waals surface area contributed by atoms with Gasteiger partial charge in [0.1, 0.15) is 18.1 Å². The van der Waals surface area contributed by atoms with Gasteiger partial charge in [-0.2, -0.15) is 11.8 Å². The first-order chi connectivity index (χ1) is 14.5. The molecule has 0 aromatic heterocycles. The SMILES string of the molecule is CCC(C)C(NC(=O)C(NC(=O)C(CO)NC(=O)C(N)CCSC)C(C)CC)C(=O)O. The molecule has 0 radical (unpaired) electrons. The van der Waals surface area contributed by atoms with Gasteiger partial charge in [0, 0.05) is 0 Å². The van der Waals surface area contributed by atoms with Crippen molar-refractivity contribution in [3.8, 4) is 0 Å². The van der Waals surface area contributed by atoms with Crippen molar-refractivity contribution in [3.05, 3.63) is 0 Å². The lowest BCUT2D eigenvalue weighted by atomic mass is 9.95. The molecule has 0 fully saturated rings. The van der Waals surface area contributed by atoms with Gasteiger partial charge in [0.05, 0.1) is 12.6 Å². The van der Waals surface area contributed by atoms with Crippen LogP contribution in [0.1, 0.15) is 47.0 Å². The van der Waals surface area contributed by atoms with Crippen LogP contribution in [0.2, 0.25) is 0 Å². The Morgan fingerprint density at radius 2 is 1.42 bits per heavy atom. The monoisotopic (exact) mass is 462 g/mol. The molecule has 6 unspecified atom stereocenters. The van der Waals surface area contributed by atoms with Crippen LogP contribution >= 0.6 is 11.8 Å². The minimum absolute atomic E-state index is 0.304. The highest BCUT2D eigenvalue weighted by molar-refractivity contribution is 7.98. The molecule has 0 heterocycles. The summed E-state index contributed by atoms with van der Waals surface area (Å²) >= 11 is 1.53. The number of aliphatic carboxylic acids is 1. The van der Waals surface area contributed by atoms with Crippen molar-refractivity contribution in [1.82, 2.24) is 16.0 Å². The van der Waals surface area contributed by atoms with Crippen LogP contribution in [0, 0.1) is 11.8 Å². The summed E-state index contributed by atoms with van der Waals surface area (Å²) in [6.07, 6.45) is 3.38. The summed E-state index contributed by atoms with van der Waals surface area (Å²) in [4.78, 5) is 49.2. The number of aliphatic hydroxyl groups excluding tert-OH is 1. The van der Waals surface area contributed by atoms with Crippen molar-refractivity contribution >= 4 is 35.5 Å². The molecule has 0 aromatic carbocycles. The minimum Gasteiger partial charge on any atom is -0.480 e. The average molecular weight is 463 g/mol. The lowest BCUT2D eigenvalue weighted by molar-refractivity contribution is -0.144. The molecule has 0 aromatic rings. The molecule has 11 heteroatoms. The third kappa shape index (κ3) is 9.88. The fraction of sp³-hybridized carbons (Fsp3) is 0.800. The molecule has 7 N–H and O–H groups in total. The first kappa shape index (κ1) is 29.1. The fourth-order valence-corrected chi connectivity index (χ4v) is 3.22. The first-order valence-electron chi connectivity index (χ1n) is 10.5. The van der Waals surface area contributed by atoms with E-state index in [2.05, 4.69) is 16.0 Å². The van der Waals surface area contributed by atoms with E-state index in [0.717, 1.165) is 0 Å². The Morgan fingerprint density at radius 1 is 0.903 bits per heavy atom. The maximum atomic E-state index is 12.8. The number of hydrogen-bond acceptors (Lipinski definition) is 7. The summed E-state index contributed by atoms with van der Waals surface area (Å²) in [5.74, 6) is -3.05. The average Bonchev–Trinajstić information content (AvgIpc) is 2.75. The number of aliphatic hydroxyl groups is 1. The summed E-state index contributed by atoms with van der Waals surface area (Å²) in [6, 6.07) is -4.23. The van der Waals surface area contributed by atoms with Crippen LogP contribution < -0.4 is 21.7 Å². The Kier molecular flexibility index (Phi) is 14.1. The predicted molar refractivity (Wildman–Crippen MR) is 120 cm³/mol. The van der Waals surface area contributed by atoms with Gasteiger partial charge in [-0.25, -0.2) is 4.79 Å². The van der Waals surface area contributed by atoms with Gasteiger partial charge in [0.15, 0.2) is 0 Å². The highest BCUT2D eigenvalue weighted by atomic mass is 32.2. The number of rotatable bonds is 15. The molecule has 0 aliphatic heterocycles. The zero-order chi connectivity index (χ0) is 24.1. The van der Waals surface area contributed by atoms with Crippen molar-refractivity contribution in [2.45, 2.75) is 71.1 Å². The van der Waals surface area contributed by atoms with Crippen molar-refractivity contribution in [3.63, 3.8) is 0 Å². The zero-order valence-corrected chi connectivity index (χ0v) is 19.8. The Balaban J connectivity index is 5.31. The number of hydrogen-bond donors (Lipinski definition) is 6. The van der Waals surface area contributed by atoms with Gasteiger partial charge in [-0.1, -0.05) is 40.5 Å². The second-order valence-corrected chi connectivity index (χ2v) is 8.70. The fourth-order valence-electron chi connectivity index (χ4n) is 2.73. The summed E-state index contributed by atoms with van der Waals surface area (Å²) < 4.78 is 0. The second kappa shape index (κ2) is 15.0. The van der Waals surface area contributed by atoms with Gasteiger partial charge in [0.25, 0.3) is 0 Å². The van der Waals surface area contributed by atoms with Crippen molar-refractivity contribution in [1.29, 1.82) is 0 Å². The normalized spacial score (nSPS) is 16.9. The molecule has 0 rings (SSSR count). The molecule has 10 nitrogen and oxygen atoms in total. The van der Waals surface area contributed by atoms with Crippen LogP contribution in [-0.2, 0) is 19.2 Å². The van der Waals surface area contributed by atoms with Crippen molar-refractivity contribution in [2.24, 2.45) is 17.6 Å². The van der Waals surface area contributed by atoms with Crippen LogP contribution in [0.3, 0.4) is 0 Å². The topological polar surface area (TPSA) is 171 Å². The van der Waals surface area contributed by atoms with Gasteiger partial charge in [0.2, 0.25) is 17.7 Å². The van der Waals surface area contributed by atoms with E-state index in [1.807, 2.05) is 20.1 Å². The lowest BCUT2D eigenvalue weighted by Gasteiger charge is -2.28. The number of carboxylic acids is 1. The number of carbonyl (C=O) groups is 4. The number of amides is 3. The van der Waals surface area contributed by atoms with E-state index < -0.39 is 54.5 Å². The number of carbonyl (C=O) groups excluding carboxylic acids is 3. The second-order valence-electron chi connectivity index (χ2n) is 7.71. The first-order valence-corrected chi connectivity index (χ1v) is 11.9. The van der Waals surface area contributed by atoms with E-state index in [1.54, 1.807) is 13.8 Å². The largest absolute Gasteiger partial charge is 0.480 e. The molecule has 6 atom stereocenters. The number of nitrogens with one attached hydrogen (secondary N) is 3. The highest BCUT2D eigenvalue weighted by Crippen LogP contribution is 2.12. The van der Waals surface area contributed by atoms with Crippen LogP contribution in [-0.4, -0.2) is 76.7 Å². The zero-order valence-electron chi connectivity index (χ0n) is 19.0. The van der Waals surface area contributed by atoms with Crippen LogP contribution in [0.4, 0.5) is 0 Å². The molecule has 180 valence electrons. The van der Waals surface area contributed by atoms with Crippen LogP contribution in [0.5, 0.6) is 0 Å². The molecule has 0 saturated carbocycles. The molecule has 0 aliphatic carbocycles. The molecular formula is C20H38N4O6S. The summed E-state index contributed by atoms with van der Waals surface area (Å²) in [6.45, 7) is 6.43. The molecular weight excluding hydrogens is 424 g/mol.